The van der Waals surface area contributed by atoms with Gasteiger partial charge in [0.1, 0.15) is 0 Å². The Labute approximate surface area is 99.8 Å². The predicted octanol–water partition coefficient (Wildman–Crippen LogP) is 4.35. The first-order chi connectivity index (χ1) is 7.81. The van der Waals surface area contributed by atoms with Gasteiger partial charge >= 0.3 is 0 Å². The molecule has 0 aliphatic heterocycles. The molecule has 0 fully saturated rings. The van der Waals surface area contributed by atoms with Gasteiger partial charge in [-0.2, -0.15) is 0 Å². The van der Waals surface area contributed by atoms with Crippen molar-refractivity contribution in [3.8, 4) is 0 Å². The van der Waals surface area contributed by atoms with Crippen molar-refractivity contribution in [1.29, 1.82) is 0 Å². The molecule has 0 unspecified atom stereocenters. The van der Waals surface area contributed by atoms with Crippen LogP contribution in [0.25, 0.3) is 6.08 Å². The summed E-state index contributed by atoms with van der Waals surface area (Å²) >= 11 is 0. The molecule has 1 nitrogen and oxygen atoms in total. The first kappa shape index (κ1) is 12.8. The first-order valence-corrected chi connectivity index (χ1v) is 6.33. The third kappa shape index (κ3) is 3.73. The number of hydrogen-bond acceptors (Lipinski definition) is 1. The van der Waals surface area contributed by atoms with Crippen LogP contribution in [-0.4, -0.2) is 13.1 Å². The molecule has 1 heteroatoms. The number of nitrogens with zero attached hydrogens (tertiary/aromatic N) is 1. The van der Waals surface area contributed by atoms with Crippen molar-refractivity contribution in [2.75, 3.05) is 18.0 Å². The van der Waals surface area contributed by atoms with Crippen LogP contribution in [0.4, 0.5) is 5.69 Å². The lowest BCUT2D eigenvalue weighted by Crippen LogP contribution is -2.23. The highest BCUT2D eigenvalue weighted by molar-refractivity contribution is 5.55. The number of allylic oxidation sites excluding steroid dienone is 1. The van der Waals surface area contributed by atoms with Crippen molar-refractivity contribution >= 4 is 11.8 Å². The molecule has 0 aliphatic rings. The number of benzene rings is 1. The SMILES string of the molecule is CC/C=C/c1ccc(N(CC)CCC)cc1. The Morgan fingerprint density at radius 2 is 1.75 bits per heavy atom. The van der Waals surface area contributed by atoms with Crippen molar-refractivity contribution in [2.24, 2.45) is 0 Å². The van der Waals surface area contributed by atoms with Gasteiger partial charge in [-0.15, -0.1) is 0 Å². The molecule has 0 saturated heterocycles. The first-order valence-electron chi connectivity index (χ1n) is 6.33. The Morgan fingerprint density at radius 1 is 1.06 bits per heavy atom. The molecule has 0 N–H and O–H groups in total. The predicted molar refractivity (Wildman–Crippen MR) is 73.9 cm³/mol. The largest absolute Gasteiger partial charge is 0.372 e. The third-order valence-electron chi connectivity index (χ3n) is 2.68. The Morgan fingerprint density at radius 3 is 2.25 bits per heavy atom. The number of rotatable bonds is 6. The second-order valence-electron chi connectivity index (χ2n) is 3.98. The molecule has 0 heterocycles. The summed E-state index contributed by atoms with van der Waals surface area (Å²) in [7, 11) is 0. The van der Waals surface area contributed by atoms with Crippen LogP contribution in [0, 0.1) is 0 Å². The molecule has 1 aromatic carbocycles. The van der Waals surface area contributed by atoms with Crippen LogP contribution in [0.2, 0.25) is 0 Å². The van der Waals surface area contributed by atoms with E-state index in [1.54, 1.807) is 0 Å². The van der Waals surface area contributed by atoms with Crippen LogP contribution < -0.4 is 4.90 Å². The van der Waals surface area contributed by atoms with E-state index in [4.69, 9.17) is 0 Å². The van der Waals surface area contributed by atoms with E-state index in [1.165, 1.54) is 17.7 Å². The van der Waals surface area contributed by atoms with E-state index in [0.717, 1.165) is 19.5 Å². The van der Waals surface area contributed by atoms with E-state index < -0.39 is 0 Å². The molecule has 0 amide bonds. The summed E-state index contributed by atoms with van der Waals surface area (Å²) in [5.41, 5.74) is 2.62. The van der Waals surface area contributed by atoms with E-state index in [0.29, 0.717) is 0 Å². The van der Waals surface area contributed by atoms with Gasteiger partial charge in [-0.25, -0.2) is 0 Å². The van der Waals surface area contributed by atoms with Crippen molar-refractivity contribution in [1.82, 2.24) is 0 Å². The van der Waals surface area contributed by atoms with E-state index in [2.05, 4.69) is 62.1 Å². The summed E-state index contributed by atoms with van der Waals surface area (Å²) in [5.74, 6) is 0. The van der Waals surface area contributed by atoms with Crippen LogP contribution in [0.3, 0.4) is 0 Å². The maximum absolute atomic E-state index is 2.41. The molecule has 0 saturated carbocycles. The standard InChI is InChI=1S/C15H23N/c1-4-7-8-14-9-11-15(12-10-14)16(6-3)13-5-2/h7-12H,4-6,13H2,1-3H3/b8-7+. The van der Waals surface area contributed by atoms with E-state index in [-0.39, 0.29) is 0 Å². The average Bonchev–Trinajstić information content (AvgIpc) is 2.34. The summed E-state index contributed by atoms with van der Waals surface area (Å²) in [6.07, 6.45) is 6.67. The fourth-order valence-electron chi connectivity index (χ4n) is 1.79. The number of hydrogen-bond donors (Lipinski definition) is 0. The van der Waals surface area contributed by atoms with Gasteiger partial charge in [-0.3, -0.25) is 0 Å². The fraction of sp³-hybridized carbons (Fsp3) is 0.467. The molecule has 16 heavy (non-hydrogen) atoms. The Kier molecular flexibility index (Phi) is 5.69. The van der Waals surface area contributed by atoms with Crippen LogP contribution in [0.1, 0.15) is 39.2 Å². The maximum atomic E-state index is 2.41. The van der Waals surface area contributed by atoms with E-state index in [9.17, 15) is 0 Å². The zero-order valence-corrected chi connectivity index (χ0v) is 10.7. The monoisotopic (exact) mass is 217 g/mol. The van der Waals surface area contributed by atoms with Crippen molar-refractivity contribution in [2.45, 2.75) is 33.6 Å². The lowest BCUT2D eigenvalue weighted by Gasteiger charge is -2.22. The molecule has 0 spiro atoms. The quantitative estimate of drug-likeness (QED) is 0.685. The molecule has 1 aromatic rings. The van der Waals surface area contributed by atoms with Crippen LogP contribution in [0.15, 0.2) is 30.3 Å². The van der Waals surface area contributed by atoms with Crippen LogP contribution >= 0.6 is 0 Å². The highest BCUT2D eigenvalue weighted by Crippen LogP contribution is 2.16. The molecule has 0 radical (unpaired) electrons. The van der Waals surface area contributed by atoms with Gasteiger partial charge in [0.25, 0.3) is 0 Å². The Bertz CT molecular complexity index is 311. The van der Waals surface area contributed by atoms with Gasteiger partial charge in [0.2, 0.25) is 0 Å². The van der Waals surface area contributed by atoms with Gasteiger partial charge in [0.05, 0.1) is 0 Å². The normalized spacial score (nSPS) is 10.9. The summed E-state index contributed by atoms with van der Waals surface area (Å²) in [5, 5.41) is 0. The highest BCUT2D eigenvalue weighted by atomic mass is 15.1. The topological polar surface area (TPSA) is 3.24 Å². The smallest absolute Gasteiger partial charge is 0.0366 e. The zero-order chi connectivity index (χ0) is 11.8. The minimum atomic E-state index is 1.08. The van der Waals surface area contributed by atoms with Gasteiger partial charge in [-0.1, -0.05) is 38.1 Å². The molecular weight excluding hydrogens is 194 g/mol. The van der Waals surface area contributed by atoms with E-state index >= 15 is 0 Å². The van der Waals surface area contributed by atoms with Gasteiger partial charge in [0.15, 0.2) is 0 Å². The molecule has 0 bridgehead atoms. The maximum Gasteiger partial charge on any atom is 0.0366 e. The van der Waals surface area contributed by atoms with Gasteiger partial charge < -0.3 is 4.90 Å². The molecule has 0 aromatic heterocycles. The molecule has 88 valence electrons. The third-order valence-corrected chi connectivity index (χ3v) is 2.68. The second-order valence-corrected chi connectivity index (χ2v) is 3.98. The number of anilines is 1. The summed E-state index contributed by atoms with van der Waals surface area (Å²) < 4.78 is 0. The van der Waals surface area contributed by atoms with Crippen molar-refractivity contribution in [3.63, 3.8) is 0 Å². The van der Waals surface area contributed by atoms with E-state index in [1.807, 2.05) is 0 Å². The summed E-state index contributed by atoms with van der Waals surface area (Å²) in [6.45, 7) is 8.81. The molecule has 0 atom stereocenters. The minimum Gasteiger partial charge on any atom is -0.372 e. The average molecular weight is 217 g/mol. The minimum absolute atomic E-state index is 1.08. The molecule has 1 rings (SSSR count). The van der Waals surface area contributed by atoms with Gasteiger partial charge in [0, 0.05) is 18.8 Å². The van der Waals surface area contributed by atoms with Gasteiger partial charge in [-0.05, 0) is 37.5 Å². The lowest BCUT2D eigenvalue weighted by molar-refractivity contribution is 0.792. The zero-order valence-electron chi connectivity index (χ0n) is 10.7. The summed E-state index contributed by atoms with van der Waals surface area (Å²) in [6, 6.07) is 8.82. The van der Waals surface area contributed by atoms with Crippen LogP contribution in [0.5, 0.6) is 0 Å². The molecule has 0 aliphatic carbocycles. The van der Waals surface area contributed by atoms with Crippen molar-refractivity contribution in [3.05, 3.63) is 35.9 Å². The highest BCUT2D eigenvalue weighted by Gasteiger charge is 2.01. The molecular formula is C15H23N. The lowest BCUT2D eigenvalue weighted by atomic mass is 10.1. The second kappa shape index (κ2) is 7.10. The Hall–Kier alpha value is -1.24. The Balaban J connectivity index is 2.72. The van der Waals surface area contributed by atoms with Crippen LogP contribution in [-0.2, 0) is 0 Å². The van der Waals surface area contributed by atoms with Crippen molar-refractivity contribution < 1.29 is 0 Å². The summed E-state index contributed by atoms with van der Waals surface area (Å²) in [4.78, 5) is 2.41. The fourth-order valence-corrected chi connectivity index (χ4v) is 1.79.